The normalized spacial score (nSPS) is 38.2. The maximum absolute atomic E-state index is 13.3. The summed E-state index contributed by atoms with van der Waals surface area (Å²) < 4.78 is 0. The summed E-state index contributed by atoms with van der Waals surface area (Å²) in [6.07, 6.45) is 9.03. The Kier molecular flexibility index (Phi) is 4.38. The molecule has 1 amide bonds. The lowest BCUT2D eigenvalue weighted by molar-refractivity contribution is -0.135. The van der Waals surface area contributed by atoms with Crippen molar-refractivity contribution in [1.82, 2.24) is 5.32 Å². The molecular formula is C21H29NO2. The molecule has 24 heavy (non-hydrogen) atoms. The molecule has 2 N–H and O–H groups in total. The fourth-order valence-electron chi connectivity index (χ4n) is 5.53. The second-order valence-corrected chi connectivity index (χ2v) is 8.38. The van der Waals surface area contributed by atoms with E-state index in [0.717, 1.165) is 44.4 Å². The van der Waals surface area contributed by atoms with Gasteiger partial charge in [-0.05, 0) is 68.8 Å². The van der Waals surface area contributed by atoms with Crippen molar-refractivity contribution in [3.05, 3.63) is 35.9 Å². The van der Waals surface area contributed by atoms with Gasteiger partial charge in [-0.3, -0.25) is 4.79 Å². The van der Waals surface area contributed by atoms with E-state index in [9.17, 15) is 9.90 Å². The fourth-order valence-corrected chi connectivity index (χ4v) is 5.53. The molecule has 3 nitrogen and oxygen atoms in total. The van der Waals surface area contributed by atoms with Gasteiger partial charge in [0, 0.05) is 6.04 Å². The zero-order chi connectivity index (χ0) is 16.6. The van der Waals surface area contributed by atoms with Gasteiger partial charge < -0.3 is 10.4 Å². The summed E-state index contributed by atoms with van der Waals surface area (Å²) >= 11 is 0. The minimum absolute atomic E-state index is 0.168. The number of aliphatic hydroxyl groups excluding tert-OH is 1. The molecule has 3 saturated carbocycles. The van der Waals surface area contributed by atoms with Gasteiger partial charge in [0.1, 0.15) is 0 Å². The molecule has 0 aliphatic heterocycles. The van der Waals surface area contributed by atoms with Crippen LogP contribution in [-0.2, 0) is 11.2 Å². The lowest BCUT2D eigenvalue weighted by atomic mass is 9.68. The maximum Gasteiger partial charge on any atom is 0.227 e. The van der Waals surface area contributed by atoms with Crippen LogP contribution in [0.2, 0.25) is 0 Å². The zero-order valence-electron chi connectivity index (χ0n) is 14.4. The van der Waals surface area contributed by atoms with Crippen molar-refractivity contribution in [3.63, 3.8) is 0 Å². The average Bonchev–Trinajstić information content (AvgIpc) is 3.19. The van der Waals surface area contributed by atoms with E-state index >= 15 is 0 Å². The topological polar surface area (TPSA) is 49.3 Å². The van der Waals surface area contributed by atoms with Crippen molar-refractivity contribution >= 4 is 5.91 Å². The average molecular weight is 327 g/mol. The number of aliphatic hydroxyl groups is 1. The standard InChI is InChI=1S/C21H29NO2/c23-19-10-8-18(9-11-19)22-20(24)21(13-15-4-2-1-3-5-15)14-16-6-7-17(21)12-16/h1-5,16-19,23H,6-14H2,(H,22,24). The Morgan fingerprint density at radius 1 is 1.08 bits per heavy atom. The third kappa shape index (κ3) is 2.99. The Morgan fingerprint density at radius 2 is 1.83 bits per heavy atom. The lowest BCUT2D eigenvalue weighted by Gasteiger charge is -2.38. The summed E-state index contributed by atoms with van der Waals surface area (Å²) in [7, 11) is 0. The van der Waals surface area contributed by atoms with Crippen molar-refractivity contribution in [2.45, 2.75) is 69.9 Å². The van der Waals surface area contributed by atoms with Gasteiger partial charge >= 0.3 is 0 Å². The van der Waals surface area contributed by atoms with Crippen molar-refractivity contribution in [1.29, 1.82) is 0 Å². The zero-order valence-corrected chi connectivity index (χ0v) is 14.4. The van der Waals surface area contributed by atoms with Crippen molar-refractivity contribution in [2.75, 3.05) is 0 Å². The van der Waals surface area contributed by atoms with E-state index in [2.05, 4.69) is 29.6 Å². The summed E-state index contributed by atoms with van der Waals surface area (Å²) in [4.78, 5) is 13.3. The predicted molar refractivity (Wildman–Crippen MR) is 94.4 cm³/mol. The fraction of sp³-hybridized carbons (Fsp3) is 0.667. The minimum Gasteiger partial charge on any atom is -0.393 e. The first-order chi connectivity index (χ1) is 11.7. The van der Waals surface area contributed by atoms with Crippen LogP contribution in [0.5, 0.6) is 0 Å². The maximum atomic E-state index is 13.3. The summed E-state index contributed by atoms with van der Waals surface area (Å²) in [5.41, 5.74) is 1.10. The Bertz CT molecular complexity index is 579. The lowest BCUT2D eigenvalue weighted by Crippen LogP contribution is -2.50. The molecule has 3 aliphatic carbocycles. The van der Waals surface area contributed by atoms with Crippen LogP contribution in [0.4, 0.5) is 0 Å². The number of benzene rings is 1. The molecule has 1 aromatic rings. The summed E-state index contributed by atoms with van der Waals surface area (Å²) in [5, 5.41) is 13.1. The number of nitrogens with one attached hydrogen (secondary N) is 1. The Morgan fingerprint density at radius 3 is 2.46 bits per heavy atom. The molecule has 3 aliphatic rings. The van der Waals surface area contributed by atoms with Gasteiger partial charge in [0.25, 0.3) is 0 Å². The Balaban J connectivity index is 1.51. The Hall–Kier alpha value is -1.35. The predicted octanol–water partition coefficient (Wildman–Crippen LogP) is 3.46. The van der Waals surface area contributed by atoms with E-state index in [0.29, 0.717) is 11.8 Å². The molecule has 0 spiro atoms. The smallest absolute Gasteiger partial charge is 0.227 e. The van der Waals surface area contributed by atoms with Crippen LogP contribution in [-0.4, -0.2) is 23.2 Å². The molecule has 0 saturated heterocycles. The molecule has 2 bridgehead atoms. The molecule has 3 atom stereocenters. The van der Waals surface area contributed by atoms with Gasteiger partial charge in [0.05, 0.1) is 11.5 Å². The Labute approximate surface area is 144 Å². The van der Waals surface area contributed by atoms with Crippen LogP contribution < -0.4 is 5.32 Å². The summed E-state index contributed by atoms with van der Waals surface area (Å²) in [5.74, 6) is 1.59. The quantitative estimate of drug-likeness (QED) is 0.890. The number of fused-ring (bicyclic) bond motifs is 2. The molecular weight excluding hydrogens is 298 g/mol. The number of carbonyl (C=O) groups excluding carboxylic acids is 1. The monoisotopic (exact) mass is 327 g/mol. The SMILES string of the molecule is O=C(NC1CCC(O)CC1)C1(Cc2ccccc2)CC2CCC1C2. The first kappa shape index (κ1) is 16.1. The summed E-state index contributed by atoms with van der Waals surface area (Å²) in [6, 6.07) is 10.8. The van der Waals surface area contributed by atoms with Gasteiger partial charge in [0.2, 0.25) is 5.91 Å². The van der Waals surface area contributed by atoms with Crippen LogP contribution in [0.15, 0.2) is 30.3 Å². The second-order valence-electron chi connectivity index (χ2n) is 8.38. The number of carbonyl (C=O) groups is 1. The van der Waals surface area contributed by atoms with E-state index in [1.807, 2.05) is 6.07 Å². The highest BCUT2D eigenvalue weighted by Crippen LogP contribution is 2.57. The third-order valence-electron chi connectivity index (χ3n) is 6.82. The number of rotatable bonds is 4. The van der Waals surface area contributed by atoms with Crippen molar-refractivity contribution < 1.29 is 9.90 Å². The van der Waals surface area contributed by atoms with E-state index in [-0.39, 0.29) is 17.6 Å². The largest absolute Gasteiger partial charge is 0.393 e. The number of amides is 1. The first-order valence-corrected chi connectivity index (χ1v) is 9.69. The molecule has 0 radical (unpaired) electrons. The van der Waals surface area contributed by atoms with E-state index in [4.69, 9.17) is 0 Å². The van der Waals surface area contributed by atoms with Crippen LogP contribution >= 0.6 is 0 Å². The van der Waals surface area contributed by atoms with Gasteiger partial charge in [-0.25, -0.2) is 0 Å². The highest BCUT2D eigenvalue weighted by atomic mass is 16.3. The van der Waals surface area contributed by atoms with Gasteiger partial charge in [-0.15, -0.1) is 0 Å². The number of hydrogen-bond acceptors (Lipinski definition) is 2. The van der Waals surface area contributed by atoms with Crippen LogP contribution in [0.3, 0.4) is 0 Å². The molecule has 1 aromatic carbocycles. The van der Waals surface area contributed by atoms with Crippen LogP contribution in [0.25, 0.3) is 0 Å². The third-order valence-corrected chi connectivity index (χ3v) is 6.82. The van der Waals surface area contributed by atoms with E-state index < -0.39 is 0 Å². The van der Waals surface area contributed by atoms with E-state index in [1.54, 1.807) is 0 Å². The highest BCUT2D eigenvalue weighted by Gasteiger charge is 2.55. The van der Waals surface area contributed by atoms with Crippen LogP contribution in [0, 0.1) is 17.3 Å². The van der Waals surface area contributed by atoms with Gasteiger partial charge in [-0.2, -0.15) is 0 Å². The summed E-state index contributed by atoms with van der Waals surface area (Å²) in [6.45, 7) is 0. The molecule has 130 valence electrons. The molecule has 0 heterocycles. The van der Waals surface area contributed by atoms with E-state index in [1.165, 1.54) is 24.8 Å². The molecule has 4 rings (SSSR count). The first-order valence-electron chi connectivity index (χ1n) is 9.69. The van der Waals surface area contributed by atoms with Gasteiger partial charge in [-0.1, -0.05) is 36.8 Å². The molecule has 0 aromatic heterocycles. The second kappa shape index (κ2) is 6.51. The van der Waals surface area contributed by atoms with Gasteiger partial charge in [0.15, 0.2) is 0 Å². The molecule has 3 fully saturated rings. The molecule has 3 unspecified atom stereocenters. The number of hydrogen-bond donors (Lipinski definition) is 2. The molecule has 3 heteroatoms. The highest BCUT2D eigenvalue weighted by molar-refractivity contribution is 5.84. The minimum atomic E-state index is -0.194. The van der Waals surface area contributed by atoms with Crippen LogP contribution in [0.1, 0.15) is 56.9 Å². The van der Waals surface area contributed by atoms with Crippen molar-refractivity contribution in [3.8, 4) is 0 Å². The van der Waals surface area contributed by atoms with Crippen molar-refractivity contribution in [2.24, 2.45) is 17.3 Å².